The molecule has 1 N–H and O–H groups in total. The number of aromatic nitrogens is 5. The topological polar surface area (TPSA) is 82.4 Å². The molecule has 1 amide bonds. The van der Waals surface area contributed by atoms with Crippen LogP contribution in [-0.4, -0.2) is 61.8 Å². The molecule has 130 valence electrons. The van der Waals surface area contributed by atoms with Crippen molar-refractivity contribution in [2.45, 2.75) is 6.04 Å². The molecular weight excluding hydrogens is 330 g/mol. The third-order valence-electron chi connectivity index (χ3n) is 5.00. The molecule has 3 aromatic heterocycles. The van der Waals surface area contributed by atoms with E-state index in [9.17, 15) is 4.79 Å². The van der Waals surface area contributed by atoms with Crippen molar-refractivity contribution in [2.24, 2.45) is 0 Å². The minimum absolute atomic E-state index is 0.0416. The Morgan fingerprint density at radius 1 is 1.23 bits per heavy atom. The first-order valence-corrected chi connectivity index (χ1v) is 8.45. The van der Waals surface area contributed by atoms with Crippen LogP contribution in [0.3, 0.4) is 0 Å². The van der Waals surface area contributed by atoms with Crippen molar-refractivity contribution < 1.29 is 4.79 Å². The number of aromatic amines is 1. The van der Waals surface area contributed by atoms with Crippen LogP contribution in [0.25, 0.3) is 16.6 Å². The summed E-state index contributed by atoms with van der Waals surface area (Å²) in [5.74, 6) is 0.906. The van der Waals surface area contributed by atoms with Gasteiger partial charge in [0.1, 0.15) is 12.1 Å². The summed E-state index contributed by atoms with van der Waals surface area (Å²) in [6.45, 7) is 1.52. The Morgan fingerprint density at radius 3 is 3.00 bits per heavy atom. The molecule has 8 nitrogen and oxygen atoms in total. The van der Waals surface area contributed by atoms with Gasteiger partial charge in [0.2, 0.25) is 0 Å². The van der Waals surface area contributed by atoms with Crippen LogP contribution in [0, 0.1) is 0 Å². The molecule has 0 bridgehead atoms. The molecule has 0 spiro atoms. The highest BCUT2D eigenvalue weighted by Crippen LogP contribution is 2.23. The van der Waals surface area contributed by atoms with Crippen LogP contribution in [0.1, 0.15) is 10.4 Å². The Balaban J connectivity index is 1.29. The summed E-state index contributed by atoms with van der Waals surface area (Å²) in [7, 11) is 1.86. The number of amides is 1. The van der Waals surface area contributed by atoms with E-state index in [0.717, 1.165) is 35.5 Å². The highest BCUT2D eigenvalue weighted by molar-refractivity contribution is 5.98. The number of nitrogens with one attached hydrogen (secondary N) is 1. The molecule has 1 saturated heterocycles. The average Bonchev–Trinajstić information content (AvgIpc) is 3.27. The Hall–Kier alpha value is -3.42. The Bertz CT molecular complexity index is 1110. The monoisotopic (exact) mass is 347 g/mol. The lowest BCUT2D eigenvalue weighted by molar-refractivity contribution is 0.0705. The number of hydrogen-bond donors (Lipinski definition) is 1. The Kier molecular flexibility index (Phi) is 3.18. The predicted octanol–water partition coefficient (Wildman–Crippen LogP) is 1.57. The highest BCUT2D eigenvalue weighted by atomic mass is 16.2. The van der Waals surface area contributed by atoms with Gasteiger partial charge in [-0.3, -0.25) is 4.79 Å². The number of hydrogen-bond acceptors (Lipinski definition) is 5. The lowest BCUT2D eigenvalue weighted by atomic mass is 10.1. The normalized spacial score (nSPS) is 14.7. The summed E-state index contributed by atoms with van der Waals surface area (Å²) < 4.78 is 1.66. The number of anilines is 1. The Morgan fingerprint density at radius 2 is 2.12 bits per heavy atom. The van der Waals surface area contributed by atoms with Gasteiger partial charge in [-0.25, -0.2) is 0 Å². The maximum atomic E-state index is 12.8. The zero-order valence-electron chi connectivity index (χ0n) is 14.2. The van der Waals surface area contributed by atoms with Crippen LogP contribution in [0.15, 0.2) is 48.9 Å². The number of likely N-dealkylation sites (N-methyl/N-ethyl adjacent to an activating group) is 1. The van der Waals surface area contributed by atoms with Gasteiger partial charge in [-0.15, -0.1) is 15.3 Å². The van der Waals surface area contributed by atoms with E-state index < -0.39 is 0 Å². The SMILES string of the molecule is CN(C(=O)c1ccc2[nH]ccc2c1)C1CN(c2ccc3nncn3n2)C1. The fourth-order valence-corrected chi connectivity index (χ4v) is 3.33. The van der Waals surface area contributed by atoms with Crippen LogP contribution < -0.4 is 4.90 Å². The van der Waals surface area contributed by atoms with Gasteiger partial charge in [0.05, 0.1) is 6.04 Å². The van der Waals surface area contributed by atoms with E-state index in [2.05, 4.69) is 25.2 Å². The Labute approximate surface area is 149 Å². The summed E-state index contributed by atoms with van der Waals surface area (Å²) >= 11 is 0. The molecule has 0 atom stereocenters. The molecule has 0 unspecified atom stereocenters. The van der Waals surface area contributed by atoms with Crippen LogP contribution in [0.4, 0.5) is 5.82 Å². The van der Waals surface area contributed by atoms with Crippen LogP contribution >= 0.6 is 0 Å². The molecule has 1 aromatic carbocycles. The summed E-state index contributed by atoms with van der Waals surface area (Å²) in [6.07, 6.45) is 3.47. The predicted molar refractivity (Wildman–Crippen MR) is 97.2 cm³/mol. The van der Waals surface area contributed by atoms with Crippen molar-refractivity contribution in [2.75, 3.05) is 25.0 Å². The first-order valence-electron chi connectivity index (χ1n) is 8.45. The molecule has 5 rings (SSSR count). The van der Waals surface area contributed by atoms with Gasteiger partial charge in [-0.2, -0.15) is 4.52 Å². The van der Waals surface area contributed by atoms with E-state index in [1.165, 1.54) is 0 Å². The van der Waals surface area contributed by atoms with Gasteiger partial charge >= 0.3 is 0 Å². The van der Waals surface area contributed by atoms with Crippen molar-refractivity contribution in [3.05, 3.63) is 54.5 Å². The molecule has 0 radical (unpaired) electrons. The number of benzene rings is 1. The molecule has 1 aliphatic heterocycles. The second kappa shape index (κ2) is 5.55. The number of H-pyrrole nitrogens is 1. The van der Waals surface area contributed by atoms with Crippen molar-refractivity contribution in [1.29, 1.82) is 0 Å². The molecule has 0 saturated carbocycles. The molecule has 1 aliphatic rings. The van der Waals surface area contributed by atoms with Gasteiger partial charge in [-0.1, -0.05) is 0 Å². The standard InChI is InChI=1S/C18H17N7O/c1-23(18(26)13-2-3-15-12(8-13)6-7-19-15)14-9-24(10-14)17-5-4-16-21-20-11-25(16)22-17/h2-8,11,14,19H,9-10H2,1H3. The molecule has 8 heteroatoms. The minimum Gasteiger partial charge on any atom is -0.361 e. The molecule has 4 heterocycles. The van der Waals surface area contributed by atoms with E-state index >= 15 is 0 Å². The summed E-state index contributed by atoms with van der Waals surface area (Å²) in [6, 6.07) is 11.7. The van der Waals surface area contributed by atoms with E-state index in [1.54, 1.807) is 10.8 Å². The smallest absolute Gasteiger partial charge is 0.253 e. The van der Waals surface area contributed by atoms with E-state index in [-0.39, 0.29) is 11.9 Å². The van der Waals surface area contributed by atoms with Crippen LogP contribution in [0.2, 0.25) is 0 Å². The van der Waals surface area contributed by atoms with Gasteiger partial charge in [0.25, 0.3) is 5.91 Å². The van der Waals surface area contributed by atoms with Crippen molar-refractivity contribution in [1.82, 2.24) is 29.7 Å². The van der Waals surface area contributed by atoms with E-state index in [0.29, 0.717) is 5.56 Å². The molecular formula is C18H17N7O. The number of rotatable bonds is 3. The van der Waals surface area contributed by atoms with Gasteiger partial charge in [-0.05, 0) is 36.4 Å². The number of carbonyl (C=O) groups is 1. The van der Waals surface area contributed by atoms with Crippen molar-refractivity contribution >= 4 is 28.3 Å². The van der Waals surface area contributed by atoms with Gasteiger partial charge < -0.3 is 14.8 Å². The van der Waals surface area contributed by atoms with Crippen molar-refractivity contribution in [3.8, 4) is 0 Å². The zero-order chi connectivity index (χ0) is 17.7. The quantitative estimate of drug-likeness (QED) is 0.608. The third-order valence-corrected chi connectivity index (χ3v) is 5.00. The van der Waals surface area contributed by atoms with E-state index in [1.807, 2.05) is 54.5 Å². The first kappa shape index (κ1) is 14.9. The molecule has 4 aromatic rings. The first-order chi connectivity index (χ1) is 12.7. The second-order valence-electron chi connectivity index (χ2n) is 6.58. The molecule has 26 heavy (non-hydrogen) atoms. The minimum atomic E-state index is 0.0416. The maximum absolute atomic E-state index is 12.8. The zero-order valence-corrected chi connectivity index (χ0v) is 14.2. The van der Waals surface area contributed by atoms with Crippen LogP contribution in [0.5, 0.6) is 0 Å². The largest absolute Gasteiger partial charge is 0.361 e. The molecule has 0 aliphatic carbocycles. The molecule has 1 fully saturated rings. The van der Waals surface area contributed by atoms with Gasteiger partial charge in [0.15, 0.2) is 5.65 Å². The maximum Gasteiger partial charge on any atom is 0.253 e. The number of nitrogens with zero attached hydrogens (tertiary/aromatic N) is 6. The van der Waals surface area contributed by atoms with Gasteiger partial charge in [0, 0.05) is 42.8 Å². The lowest BCUT2D eigenvalue weighted by Gasteiger charge is -2.44. The van der Waals surface area contributed by atoms with E-state index in [4.69, 9.17) is 0 Å². The highest BCUT2D eigenvalue weighted by Gasteiger charge is 2.33. The summed E-state index contributed by atoms with van der Waals surface area (Å²) in [5.41, 5.74) is 2.47. The number of fused-ring (bicyclic) bond motifs is 2. The van der Waals surface area contributed by atoms with Crippen LogP contribution in [-0.2, 0) is 0 Å². The second-order valence-corrected chi connectivity index (χ2v) is 6.58. The fraction of sp³-hybridized carbons (Fsp3) is 0.222. The third kappa shape index (κ3) is 2.30. The fourth-order valence-electron chi connectivity index (χ4n) is 3.33. The lowest BCUT2D eigenvalue weighted by Crippen LogP contribution is -2.60. The van der Waals surface area contributed by atoms with Crippen molar-refractivity contribution in [3.63, 3.8) is 0 Å². The average molecular weight is 347 g/mol. The number of carbonyl (C=O) groups excluding carboxylic acids is 1. The summed E-state index contributed by atoms with van der Waals surface area (Å²) in [4.78, 5) is 19.9. The summed E-state index contributed by atoms with van der Waals surface area (Å²) in [5, 5.41) is 13.3.